The average molecular weight is 433 g/mol. The van der Waals surface area contributed by atoms with E-state index in [0.717, 1.165) is 11.4 Å². The molecule has 0 radical (unpaired) electrons. The number of hydrogen-bond donors (Lipinski definition) is 0. The van der Waals surface area contributed by atoms with Crippen LogP contribution in [-0.4, -0.2) is 39.3 Å². The maximum atomic E-state index is 13.0. The highest BCUT2D eigenvalue weighted by molar-refractivity contribution is 8.26. The summed E-state index contributed by atoms with van der Waals surface area (Å²) in [6, 6.07) is 2.05. The van der Waals surface area contributed by atoms with Crippen molar-refractivity contribution in [2.45, 2.75) is 48.1 Å². The van der Waals surface area contributed by atoms with E-state index in [1.54, 1.807) is 22.5 Å². The van der Waals surface area contributed by atoms with Gasteiger partial charge in [0.2, 0.25) is 0 Å². The van der Waals surface area contributed by atoms with Crippen molar-refractivity contribution in [3.63, 3.8) is 0 Å². The number of rotatable bonds is 7. The Morgan fingerprint density at radius 2 is 1.86 bits per heavy atom. The monoisotopic (exact) mass is 432 g/mol. The summed E-state index contributed by atoms with van der Waals surface area (Å²) in [5.41, 5.74) is 1.15. The Morgan fingerprint density at radius 3 is 2.34 bits per heavy atom. The van der Waals surface area contributed by atoms with Crippen molar-refractivity contribution in [1.29, 1.82) is 5.26 Å². The quantitative estimate of drug-likeness (QED) is 0.483. The minimum atomic E-state index is -0.293. The Labute approximate surface area is 182 Å². The predicted octanol–water partition coefficient (Wildman–Crippen LogP) is 3.75. The molecule has 0 unspecified atom stereocenters. The van der Waals surface area contributed by atoms with Crippen LogP contribution in [0.2, 0.25) is 0 Å². The van der Waals surface area contributed by atoms with Gasteiger partial charge < -0.3 is 4.90 Å². The summed E-state index contributed by atoms with van der Waals surface area (Å²) in [5, 5.41) is 9.58. The Balaban J connectivity index is 2.76. The zero-order valence-electron chi connectivity index (χ0n) is 17.9. The van der Waals surface area contributed by atoms with Gasteiger partial charge in [-0.2, -0.15) is 5.26 Å². The van der Waals surface area contributed by atoms with Crippen molar-refractivity contribution in [3.05, 3.63) is 31.9 Å². The zero-order valence-corrected chi connectivity index (χ0v) is 19.5. The average Bonchev–Trinajstić information content (AvgIpc) is 2.93. The van der Waals surface area contributed by atoms with E-state index in [4.69, 9.17) is 12.2 Å². The second-order valence-electron chi connectivity index (χ2n) is 7.26. The molecule has 0 N–H and O–H groups in total. The highest BCUT2D eigenvalue weighted by atomic mass is 32.2. The first-order chi connectivity index (χ1) is 13.7. The molecular formula is C21H28N4O2S2. The maximum absolute atomic E-state index is 13.0. The number of aromatic nitrogens is 1. The topological polar surface area (TPSA) is 69.3 Å². The van der Waals surface area contributed by atoms with E-state index in [9.17, 15) is 14.9 Å². The third-order valence-corrected chi connectivity index (χ3v) is 6.30. The standard InChI is InChI=1S/C21H28N4O2S2/c1-7-23(8-2)18-15(14(6)16(11-22)19(26)24(18)9-3)10-17-20(27)25(12-13(4)5)21(28)29-17/h10,13H,7-9,12H2,1-6H3/b17-10-. The first-order valence-electron chi connectivity index (χ1n) is 9.89. The summed E-state index contributed by atoms with van der Waals surface area (Å²) in [6.45, 7) is 14.2. The Morgan fingerprint density at radius 1 is 1.24 bits per heavy atom. The van der Waals surface area contributed by atoms with E-state index in [0.29, 0.717) is 46.9 Å². The van der Waals surface area contributed by atoms with Crippen molar-refractivity contribution in [3.8, 4) is 6.07 Å². The molecule has 6 nitrogen and oxygen atoms in total. The van der Waals surface area contributed by atoms with Crippen LogP contribution >= 0.6 is 24.0 Å². The molecule has 0 atom stereocenters. The van der Waals surface area contributed by atoms with Crippen LogP contribution in [0.4, 0.5) is 5.82 Å². The molecule has 2 heterocycles. The molecule has 2 rings (SSSR count). The fourth-order valence-electron chi connectivity index (χ4n) is 3.45. The van der Waals surface area contributed by atoms with Crippen LogP contribution in [0, 0.1) is 24.2 Å². The lowest BCUT2D eigenvalue weighted by Gasteiger charge is -2.28. The molecule has 0 saturated carbocycles. The summed E-state index contributed by atoms with van der Waals surface area (Å²) < 4.78 is 2.17. The normalized spacial score (nSPS) is 15.5. The summed E-state index contributed by atoms with van der Waals surface area (Å²) >= 11 is 6.69. The van der Waals surface area contributed by atoms with Gasteiger partial charge in [-0.1, -0.05) is 37.8 Å². The zero-order chi connectivity index (χ0) is 21.9. The lowest BCUT2D eigenvalue weighted by atomic mass is 10.0. The van der Waals surface area contributed by atoms with Crippen LogP contribution in [0.5, 0.6) is 0 Å². The molecule has 1 aliphatic heterocycles. The molecule has 0 spiro atoms. The van der Waals surface area contributed by atoms with Gasteiger partial charge in [0.05, 0.1) is 4.91 Å². The third kappa shape index (κ3) is 4.41. The van der Waals surface area contributed by atoms with E-state index in [2.05, 4.69) is 11.0 Å². The number of thiocarbonyl (C=S) groups is 1. The van der Waals surface area contributed by atoms with Crippen LogP contribution in [0.15, 0.2) is 9.70 Å². The lowest BCUT2D eigenvalue weighted by Crippen LogP contribution is -2.34. The molecular weight excluding hydrogens is 404 g/mol. The molecule has 29 heavy (non-hydrogen) atoms. The van der Waals surface area contributed by atoms with Gasteiger partial charge in [-0.05, 0) is 45.3 Å². The third-order valence-electron chi connectivity index (χ3n) is 4.92. The van der Waals surface area contributed by atoms with Gasteiger partial charge in [0.25, 0.3) is 11.5 Å². The van der Waals surface area contributed by atoms with Gasteiger partial charge in [-0.25, -0.2) is 0 Å². The van der Waals surface area contributed by atoms with Gasteiger partial charge in [-0.15, -0.1) is 0 Å². The number of thioether (sulfide) groups is 1. The summed E-state index contributed by atoms with van der Waals surface area (Å²) in [7, 11) is 0. The van der Waals surface area contributed by atoms with Crippen LogP contribution < -0.4 is 10.5 Å². The highest BCUT2D eigenvalue weighted by Gasteiger charge is 2.33. The van der Waals surface area contributed by atoms with E-state index < -0.39 is 0 Å². The molecule has 1 fully saturated rings. The second kappa shape index (κ2) is 9.59. The van der Waals surface area contributed by atoms with Gasteiger partial charge in [0.15, 0.2) is 0 Å². The highest BCUT2D eigenvalue weighted by Crippen LogP contribution is 2.36. The summed E-state index contributed by atoms with van der Waals surface area (Å²) in [4.78, 5) is 30.1. The Hall–Kier alpha value is -2.11. The van der Waals surface area contributed by atoms with E-state index in [1.807, 2.05) is 34.6 Å². The summed E-state index contributed by atoms with van der Waals surface area (Å²) in [6.07, 6.45) is 1.80. The molecule has 1 saturated heterocycles. The molecule has 1 aliphatic rings. The van der Waals surface area contributed by atoms with E-state index >= 15 is 0 Å². The minimum Gasteiger partial charge on any atom is -0.358 e. The largest absolute Gasteiger partial charge is 0.358 e. The number of hydrogen-bond acceptors (Lipinski definition) is 6. The SMILES string of the molecule is CCN(CC)c1c(/C=C2\SC(=S)N(CC(C)C)C2=O)c(C)c(C#N)c(=O)n1CC. The van der Waals surface area contributed by atoms with E-state index in [1.165, 1.54) is 11.8 Å². The number of pyridine rings is 1. The van der Waals surface area contributed by atoms with Crippen molar-refractivity contribution in [2.75, 3.05) is 24.5 Å². The van der Waals surface area contributed by atoms with Crippen molar-refractivity contribution < 1.29 is 4.79 Å². The number of nitriles is 1. The Bertz CT molecular complexity index is 953. The lowest BCUT2D eigenvalue weighted by molar-refractivity contribution is -0.122. The molecule has 0 aliphatic carbocycles. The minimum absolute atomic E-state index is 0.117. The van der Waals surface area contributed by atoms with Crippen molar-refractivity contribution in [1.82, 2.24) is 9.47 Å². The fraction of sp³-hybridized carbons (Fsp3) is 0.524. The van der Waals surface area contributed by atoms with Crippen LogP contribution in [0.1, 0.15) is 51.3 Å². The van der Waals surface area contributed by atoms with Crippen molar-refractivity contribution >= 4 is 46.1 Å². The van der Waals surface area contributed by atoms with Crippen LogP contribution in [0.3, 0.4) is 0 Å². The number of carbonyl (C=O) groups is 1. The van der Waals surface area contributed by atoms with Gasteiger partial charge >= 0.3 is 0 Å². The second-order valence-corrected chi connectivity index (χ2v) is 8.93. The predicted molar refractivity (Wildman–Crippen MR) is 124 cm³/mol. The number of nitrogens with zero attached hydrogens (tertiary/aromatic N) is 4. The number of anilines is 1. The number of amides is 1. The van der Waals surface area contributed by atoms with Crippen molar-refractivity contribution in [2.24, 2.45) is 5.92 Å². The summed E-state index contributed by atoms with van der Waals surface area (Å²) in [5.74, 6) is 0.927. The molecule has 1 amide bonds. The van der Waals surface area contributed by atoms with Gasteiger partial charge in [0.1, 0.15) is 21.8 Å². The molecule has 0 bridgehead atoms. The number of carbonyl (C=O) groups excluding carboxylic acids is 1. The fourth-order valence-corrected chi connectivity index (χ4v) is 4.71. The maximum Gasteiger partial charge on any atom is 0.270 e. The first kappa shape index (κ1) is 23.2. The van der Waals surface area contributed by atoms with Gasteiger partial charge in [0, 0.05) is 31.7 Å². The molecule has 1 aromatic heterocycles. The van der Waals surface area contributed by atoms with Gasteiger partial charge in [-0.3, -0.25) is 19.1 Å². The molecule has 1 aromatic rings. The molecule has 0 aromatic carbocycles. The first-order valence-corrected chi connectivity index (χ1v) is 11.1. The van der Waals surface area contributed by atoms with Crippen LogP contribution in [-0.2, 0) is 11.3 Å². The van der Waals surface area contributed by atoms with E-state index in [-0.39, 0.29) is 17.0 Å². The molecule has 156 valence electrons. The molecule has 8 heteroatoms. The smallest absolute Gasteiger partial charge is 0.270 e. The Kier molecular flexibility index (Phi) is 7.66. The van der Waals surface area contributed by atoms with Crippen LogP contribution in [0.25, 0.3) is 6.08 Å².